The van der Waals surface area contributed by atoms with Gasteiger partial charge in [-0.1, -0.05) is 13.8 Å². The van der Waals surface area contributed by atoms with E-state index in [2.05, 4.69) is 44.9 Å². The molecule has 3 N–H and O–H groups in total. The van der Waals surface area contributed by atoms with E-state index in [-0.39, 0.29) is 17.9 Å². The number of aromatic nitrogens is 4. The molecule has 0 radical (unpaired) electrons. The van der Waals surface area contributed by atoms with Crippen LogP contribution < -0.4 is 16.0 Å². The zero-order chi connectivity index (χ0) is 27.6. The molecule has 1 saturated heterocycles. The number of nitrogens with zero attached hydrogens (tertiary/aromatic N) is 5. The van der Waals surface area contributed by atoms with Crippen molar-refractivity contribution >= 4 is 28.0 Å². The summed E-state index contributed by atoms with van der Waals surface area (Å²) in [4.78, 5) is 29.9. The van der Waals surface area contributed by atoms with Gasteiger partial charge in [0.2, 0.25) is 5.91 Å². The molecule has 2 aliphatic rings. The first-order valence-corrected chi connectivity index (χ1v) is 14.0. The second-order valence-corrected chi connectivity index (χ2v) is 11.9. The second kappa shape index (κ2) is 11.3. The van der Waals surface area contributed by atoms with Crippen molar-refractivity contribution in [1.82, 2.24) is 40.2 Å². The lowest BCUT2D eigenvalue weighted by atomic mass is 9.93. The van der Waals surface area contributed by atoms with Crippen LogP contribution in [0.2, 0.25) is 0 Å². The number of thiazole rings is 1. The summed E-state index contributed by atoms with van der Waals surface area (Å²) in [5.74, 6) is -0.294. The van der Waals surface area contributed by atoms with Gasteiger partial charge in [0.1, 0.15) is 4.83 Å². The van der Waals surface area contributed by atoms with Crippen LogP contribution in [0.15, 0.2) is 48.5 Å². The van der Waals surface area contributed by atoms with Gasteiger partial charge in [-0.3, -0.25) is 14.3 Å². The maximum absolute atomic E-state index is 13.3. The van der Waals surface area contributed by atoms with E-state index >= 15 is 0 Å². The molecule has 1 fully saturated rings. The molecular weight excluding hydrogens is 516 g/mol. The Labute approximate surface area is 231 Å². The van der Waals surface area contributed by atoms with Crippen LogP contribution in [0.4, 0.5) is 0 Å². The van der Waals surface area contributed by atoms with Crippen LogP contribution in [0.3, 0.4) is 0 Å². The minimum absolute atomic E-state index is 0.0424. The zero-order valence-electron chi connectivity index (χ0n) is 22.9. The van der Waals surface area contributed by atoms with Crippen molar-refractivity contribution in [3.8, 4) is 10.4 Å². The van der Waals surface area contributed by atoms with Crippen molar-refractivity contribution in [2.75, 3.05) is 33.4 Å². The molecule has 5 rings (SSSR count). The normalized spacial score (nSPS) is 19.0. The van der Waals surface area contributed by atoms with Gasteiger partial charge in [0.15, 0.2) is 0 Å². The summed E-state index contributed by atoms with van der Waals surface area (Å²) in [6, 6.07) is -0.121. The van der Waals surface area contributed by atoms with Gasteiger partial charge in [0, 0.05) is 56.5 Å². The molecule has 1 atom stereocenters. The third-order valence-corrected chi connectivity index (χ3v) is 8.26. The number of carbonyl (C=O) groups excluding carboxylic acids is 2. The van der Waals surface area contributed by atoms with Gasteiger partial charge in [-0.05, 0) is 31.4 Å². The molecule has 3 aromatic rings. The van der Waals surface area contributed by atoms with E-state index in [4.69, 9.17) is 4.74 Å². The SMILES string of the molecule is COCCn1cc(-c2cn3ncc(C(=O)NC4=CC(NC(=O)CCN5CCC(C)(C)C5)=CNC4C)c3s2)cn1. The van der Waals surface area contributed by atoms with Gasteiger partial charge in [-0.15, -0.1) is 11.3 Å². The van der Waals surface area contributed by atoms with Gasteiger partial charge in [0.25, 0.3) is 5.91 Å². The van der Waals surface area contributed by atoms with Gasteiger partial charge in [0.05, 0.1) is 47.7 Å². The number of hydrogen-bond donors (Lipinski definition) is 3. The highest BCUT2D eigenvalue weighted by Gasteiger charge is 2.29. The number of nitrogens with one attached hydrogen (secondary N) is 3. The number of ether oxygens (including phenoxy) is 1. The number of likely N-dealkylation sites (tertiary alicyclic amines) is 1. The van der Waals surface area contributed by atoms with Crippen LogP contribution >= 0.6 is 11.3 Å². The smallest absolute Gasteiger partial charge is 0.260 e. The fourth-order valence-corrected chi connectivity index (χ4v) is 5.86. The van der Waals surface area contributed by atoms with E-state index in [9.17, 15) is 9.59 Å². The van der Waals surface area contributed by atoms with Crippen molar-refractivity contribution in [3.63, 3.8) is 0 Å². The summed E-state index contributed by atoms with van der Waals surface area (Å²) < 4.78 is 8.66. The van der Waals surface area contributed by atoms with Crippen LogP contribution in [0.1, 0.15) is 44.0 Å². The molecule has 1 unspecified atom stereocenters. The molecule has 208 valence electrons. The topological polar surface area (TPSA) is 118 Å². The van der Waals surface area contributed by atoms with Crippen molar-refractivity contribution in [2.24, 2.45) is 5.41 Å². The molecule has 11 nitrogen and oxygen atoms in total. The van der Waals surface area contributed by atoms with Crippen molar-refractivity contribution in [1.29, 1.82) is 0 Å². The number of methoxy groups -OCH3 is 1. The molecule has 0 aliphatic carbocycles. The lowest BCUT2D eigenvalue weighted by Crippen LogP contribution is -2.39. The van der Waals surface area contributed by atoms with Crippen LogP contribution in [0.25, 0.3) is 15.3 Å². The van der Waals surface area contributed by atoms with Gasteiger partial charge >= 0.3 is 0 Å². The highest BCUT2D eigenvalue weighted by Crippen LogP contribution is 2.31. The lowest BCUT2D eigenvalue weighted by Gasteiger charge is -2.23. The molecule has 0 spiro atoms. The number of hydrogen-bond acceptors (Lipinski definition) is 8. The first kappa shape index (κ1) is 27.1. The highest BCUT2D eigenvalue weighted by atomic mass is 32.1. The molecule has 39 heavy (non-hydrogen) atoms. The second-order valence-electron chi connectivity index (χ2n) is 10.9. The van der Waals surface area contributed by atoms with Crippen molar-refractivity contribution < 1.29 is 14.3 Å². The minimum Gasteiger partial charge on any atom is -0.383 e. The number of allylic oxidation sites excluding steroid dienone is 1. The highest BCUT2D eigenvalue weighted by molar-refractivity contribution is 7.21. The Kier molecular flexibility index (Phi) is 7.87. The standard InChI is InChI=1S/C27H36N8O3S/c1-18-22(11-20(13-28-18)31-24(36)5-7-33-8-6-27(2,3)17-33)32-25(37)21-14-30-35-16-23(39-26(21)35)19-12-29-34(15-19)9-10-38-4/h11-16,18,28H,5-10,17H2,1-4H3,(H,31,36)(H,32,37). The largest absolute Gasteiger partial charge is 0.383 e. The Bertz CT molecular complexity index is 1420. The van der Waals surface area contributed by atoms with Gasteiger partial charge in [-0.2, -0.15) is 10.2 Å². The average molecular weight is 553 g/mol. The van der Waals surface area contributed by atoms with Crippen LogP contribution in [0.5, 0.6) is 0 Å². The minimum atomic E-state index is -0.252. The number of carbonyl (C=O) groups is 2. The third kappa shape index (κ3) is 6.40. The Hall–Kier alpha value is -3.48. The van der Waals surface area contributed by atoms with Gasteiger partial charge < -0.3 is 25.6 Å². The Morgan fingerprint density at radius 2 is 2.05 bits per heavy atom. The van der Waals surface area contributed by atoms with E-state index < -0.39 is 0 Å². The number of rotatable bonds is 10. The summed E-state index contributed by atoms with van der Waals surface area (Å²) in [6.07, 6.45) is 12.4. The molecule has 2 amide bonds. The first-order chi connectivity index (χ1) is 18.7. The average Bonchev–Trinajstić information content (AvgIpc) is 3.67. The van der Waals surface area contributed by atoms with Crippen molar-refractivity contribution in [2.45, 2.75) is 46.2 Å². The molecule has 0 saturated carbocycles. The van der Waals surface area contributed by atoms with Crippen LogP contribution in [0, 0.1) is 5.41 Å². The van der Waals surface area contributed by atoms with Crippen LogP contribution in [-0.2, 0) is 16.1 Å². The molecule has 0 bridgehead atoms. The summed E-state index contributed by atoms with van der Waals surface area (Å²) >= 11 is 1.48. The van der Waals surface area contributed by atoms with E-state index in [0.29, 0.717) is 41.9 Å². The molecular formula is C27H36N8O3S. The van der Waals surface area contributed by atoms with Crippen molar-refractivity contribution in [3.05, 3.63) is 54.0 Å². The Balaban J connectivity index is 1.21. The van der Waals surface area contributed by atoms with E-state index in [1.807, 2.05) is 30.1 Å². The quantitative estimate of drug-likeness (QED) is 0.354. The fraction of sp³-hybridized carbons (Fsp3) is 0.481. The summed E-state index contributed by atoms with van der Waals surface area (Å²) in [5.41, 5.74) is 3.06. The summed E-state index contributed by atoms with van der Waals surface area (Å²) in [7, 11) is 1.66. The third-order valence-electron chi connectivity index (χ3n) is 7.10. The molecule has 2 aliphatic heterocycles. The predicted molar refractivity (Wildman–Crippen MR) is 150 cm³/mol. The molecule has 3 aromatic heterocycles. The number of dihydropyridines is 1. The molecule has 12 heteroatoms. The van der Waals surface area contributed by atoms with E-state index in [0.717, 1.165) is 41.3 Å². The van der Waals surface area contributed by atoms with E-state index in [1.54, 1.807) is 30.2 Å². The number of amides is 2. The monoisotopic (exact) mass is 552 g/mol. The van der Waals surface area contributed by atoms with E-state index in [1.165, 1.54) is 11.3 Å². The van der Waals surface area contributed by atoms with Crippen LogP contribution in [-0.4, -0.2) is 75.5 Å². The summed E-state index contributed by atoms with van der Waals surface area (Å²) in [5, 5.41) is 18.0. The summed E-state index contributed by atoms with van der Waals surface area (Å²) in [6.45, 7) is 10.5. The lowest BCUT2D eigenvalue weighted by molar-refractivity contribution is -0.120. The number of fused-ring (bicyclic) bond motifs is 1. The fourth-order valence-electron chi connectivity index (χ4n) is 4.83. The molecule has 0 aromatic carbocycles. The maximum Gasteiger partial charge on any atom is 0.260 e. The van der Waals surface area contributed by atoms with Gasteiger partial charge in [-0.25, -0.2) is 4.52 Å². The maximum atomic E-state index is 13.3. The zero-order valence-corrected chi connectivity index (χ0v) is 23.7. The Morgan fingerprint density at radius 3 is 2.82 bits per heavy atom. The Morgan fingerprint density at radius 1 is 1.21 bits per heavy atom. The predicted octanol–water partition coefficient (Wildman–Crippen LogP) is 2.59. The molecule has 5 heterocycles. The first-order valence-electron chi connectivity index (χ1n) is 13.2.